The van der Waals surface area contributed by atoms with Crippen LogP contribution in [0.5, 0.6) is 0 Å². The Balaban J connectivity index is 1.48. The lowest BCUT2D eigenvalue weighted by atomic mass is 9.74. The molecule has 1 aromatic heterocycles. The van der Waals surface area contributed by atoms with Gasteiger partial charge in [0.05, 0.1) is 22.6 Å². The smallest absolute Gasteiger partial charge is 0.272 e. The Morgan fingerprint density at radius 2 is 1.58 bits per heavy atom. The molecule has 0 spiro atoms. The van der Waals surface area contributed by atoms with Crippen LogP contribution in [0.1, 0.15) is 78.4 Å². The molecule has 2 amide bonds. The van der Waals surface area contributed by atoms with Gasteiger partial charge in [-0.15, -0.1) is 0 Å². The van der Waals surface area contributed by atoms with E-state index in [1.54, 1.807) is 9.80 Å². The molecule has 0 atom stereocenters. The average Bonchev–Trinajstić information content (AvgIpc) is 2.92. The minimum atomic E-state index is -0.615. The van der Waals surface area contributed by atoms with Crippen molar-refractivity contribution >= 4 is 11.8 Å². The van der Waals surface area contributed by atoms with Gasteiger partial charge in [-0.25, -0.2) is 4.98 Å². The summed E-state index contributed by atoms with van der Waals surface area (Å²) in [6, 6.07) is 15.7. The molecular weight excluding hydrogens is 450 g/mol. The third-order valence-electron chi connectivity index (χ3n) is 7.93. The first-order valence-electron chi connectivity index (χ1n) is 12.6. The zero-order valence-corrected chi connectivity index (χ0v) is 21.3. The van der Waals surface area contributed by atoms with E-state index in [9.17, 15) is 20.1 Å². The molecule has 186 valence electrons. The number of benzene rings is 1. The molecule has 0 radical (unpaired) electrons. The molecule has 36 heavy (non-hydrogen) atoms. The van der Waals surface area contributed by atoms with Crippen molar-refractivity contribution in [2.45, 2.75) is 51.9 Å². The maximum Gasteiger partial charge on any atom is 0.272 e. The molecule has 7 heteroatoms. The zero-order valence-electron chi connectivity index (χ0n) is 21.3. The average molecular weight is 484 g/mol. The van der Waals surface area contributed by atoms with Gasteiger partial charge in [0.25, 0.3) is 11.8 Å². The van der Waals surface area contributed by atoms with Crippen LogP contribution >= 0.6 is 0 Å². The summed E-state index contributed by atoms with van der Waals surface area (Å²) in [5.74, 6) is 0.0447. The van der Waals surface area contributed by atoms with Crippen molar-refractivity contribution in [2.24, 2.45) is 11.3 Å². The molecule has 4 rings (SSSR count). The van der Waals surface area contributed by atoms with Crippen molar-refractivity contribution in [2.75, 3.05) is 26.2 Å². The number of amides is 2. The van der Waals surface area contributed by atoms with Gasteiger partial charge in [0.2, 0.25) is 0 Å². The number of carbonyl (C=O) groups excluding carboxylic acids is 2. The van der Waals surface area contributed by atoms with Crippen LogP contribution in [0.4, 0.5) is 0 Å². The Hall–Kier alpha value is -3.71. The molecule has 7 nitrogen and oxygen atoms in total. The van der Waals surface area contributed by atoms with Gasteiger partial charge in [-0.1, -0.05) is 51.1 Å². The molecule has 2 fully saturated rings. The summed E-state index contributed by atoms with van der Waals surface area (Å²) in [4.78, 5) is 34.4. The number of nitriles is 2. The topological polar surface area (TPSA) is 101 Å². The van der Waals surface area contributed by atoms with Crippen LogP contribution in [0.25, 0.3) is 0 Å². The van der Waals surface area contributed by atoms with Crippen LogP contribution < -0.4 is 0 Å². The van der Waals surface area contributed by atoms with E-state index in [1.165, 1.54) is 12.3 Å². The van der Waals surface area contributed by atoms with E-state index in [0.29, 0.717) is 44.9 Å². The second-order valence-electron chi connectivity index (χ2n) is 11.0. The maximum absolute atomic E-state index is 13.4. The number of likely N-dealkylation sites (tertiary alicyclic amines) is 2. The first kappa shape index (κ1) is 25.4. The highest BCUT2D eigenvalue weighted by atomic mass is 16.2. The molecule has 0 N–H and O–H groups in total. The third kappa shape index (κ3) is 4.97. The van der Waals surface area contributed by atoms with Crippen LogP contribution in [0, 0.1) is 34.0 Å². The number of aromatic nitrogens is 1. The fourth-order valence-corrected chi connectivity index (χ4v) is 5.43. The molecule has 3 heterocycles. The van der Waals surface area contributed by atoms with Crippen LogP contribution in [-0.4, -0.2) is 52.8 Å². The highest BCUT2D eigenvalue weighted by Crippen LogP contribution is 2.36. The highest BCUT2D eigenvalue weighted by molar-refractivity contribution is 6.00. The number of rotatable bonds is 3. The van der Waals surface area contributed by atoms with Crippen molar-refractivity contribution in [3.8, 4) is 12.1 Å². The summed E-state index contributed by atoms with van der Waals surface area (Å²) in [7, 11) is 0. The standard InChI is InChI=1S/C29H33N5O2/c1-28(2,3)22-9-13-33(14-10-22)26(35)24-17-25(32-19-21(24)18-30)27(36)34-15-11-29(20-31,12-16-34)23-7-5-4-6-8-23/h4-8,17,19,22H,9-16H2,1-3H3. The predicted molar refractivity (Wildman–Crippen MR) is 136 cm³/mol. The van der Waals surface area contributed by atoms with Gasteiger partial charge in [-0.3, -0.25) is 9.59 Å². The van der Waals surface area contributed by atoms with Crippen LogP contribution in [0.3, 0.4) is 0 Å². The lowest BCUT2D eigenvalue weighted by molar-refractivity contribution is 0.0608. The predicted octanol–water partition coefficient (Wildman–Crippen LogP) is 4.55. The number of nitrogens with zero attached hydrogens (tertiary/aromatic N) is 5. The normalized spacial score (nSPS) is 18.2. The minimum Gasteiger partial charge on any atom is -0.339 e. The molecule has 0 unspecified atom stereocenters. The molecule has 0 saturated carbocycles. The van der Waals surface area contributed by atoms with E-state index in [0.717, 1.165) is 18.4 Å². The quantitative estimate of drug-likeness (QED) is 0.637. The summed E-state index contributed by atoms with van der Waals surface area (Å²) in [6.07, 6.45) is 4.23. The summed E-state index contributed by atoms with van der Waals surface area (Å²) in [5, 5.41) is 19.5. The van der Waals surface area contributed by atoms with Crippen molar-refractivity contribution in [1.29, 1.82) is 10.5 Å². The van der Waals surface area contributed by atoms with E-state index >= 15 is 0 Å². The monoisotopic (exact) mass is 483 g/mol. The minimum absolute atomic E-state index is 0.158. The van der Waals surface area contributed by atoms with E-state index in [-0.39, 0.29) is 34.1 Å². The fourth-order valence-electron chi connectivity index (χ4n) is 5.43. The second-order valence-corrected chi connectivity index (χ2v) is 11.0. The van der Waals surface area contributed by atoms with Crippen molar-refractivity contribution in [3.63, 3.8) is 0 Å². The Labute approximate surface area is 213 Å². The van der Waals surface area contributed by atoms with Crippen LogP contribution in [-0.2, 0) is 5.41 Å². The Morgan fingerprint density at radius 3 is 2.14 bits per heavy atom. The lowest BCUT2D eigenvalue weighted by Gasteiger charge is -2.39. The van der Waals surface area contributed by atoms with E-state index < -0.39 is 5.41 Å². The molecule has 2 saturated heterocycles. The van der Waals surface area contributed by atoms with Gasteiger partial charge in [0.1, 0.15) is 11.8 Å². The number of pyridine rings is 1. The number of hydrogen-bond donors (Lipinski definition) is 0. The molecule has 0 aliphatic carbocycles. The van der Waals surface area contributed by atoms with Gasteiger partial charge in [0.15, 0.2) is 0 Å². The summed E-state index contributed by atoms with van der Waals surface area (Å²) in [6.45, 7) is 8.80. The summed E-state index contributed by atoms with van der Waals surface area (Å²) < 4.78 is 0. The third-order valence-corrected chi connectivity index (χ3v) is 7.93. The molecule has 2 aliphatic rings. The van der Waals surface area contributed by atoms with Gasteiger partial charge in [-0.05, 0) is 48.6 Å². The molecular formula is C29H33N5O2. The Kier molecular flexibility index (Phi) is 7.13. The SMILES string of the molecule is CC(C)(C)C1CCN(C(=O)c2cc(C(=O)N3CCC(C#N)(c4ccccc4)CC3)ncc2C#N)CC1. The van der Waals surface area contributed by atoms with E-state index in [1.807, 2.05) is 30.3 Å². The van der Waals surface area contributed by atoms with Crippen LogP contribution in [0.2, 0.25) is 0 Å². The van der Waals surface area contributed by atoms with Crippen LogP contribution in [0.15, 0.2) is 42.6 Å². The van der Waals surface area contributed by atoms with Gasteiger partial charge in [-0.2, -0.15) is 10.5 Å². The fraction of sp³-hybridized carbons (Fsp3) is 0.483. The molecule has 2 aliphatic heterocycles. The highest BCUT2D eigenvalue weighted by Gasteiger charge is 2.38. The maximum atomic E-state index is 13.4. The number of piperidine rings is 2. The van der Waals surface area contributed by atoms with Gasteiger partial charge >= 0.3 is 0 Å². The molecule has 1 aromatic carbocycles. The van der Waals surface area contributed by atoms with E-state index in [4.69, 9.17) is 0 Å². The molecule has 2 aromatic rings. The Bertz CT molecular complexity index is 1200. The lowest BCUT2D eigenvalue weighted by Crippen LogP contribution is -2.45. The van der Waals surface area contributed by atoms with E-state index in [2.05, 4.69) is 37.9 Å². The second kappa shape index (κ2) is 10.1. The van der Waals surface area contributed by atoms with Crippen molar-refractivity contribution in [3.05, 3.63) is 65.0 Å². The summed E-state index contributed by atoms with van der Waals surface area (Å²) in [5.41, 5.74) is 1.13. The number of carbonyl (C=O) groups is 2. The Morgan fingerprint density at radius 1 is 0.972 bits per heavy atom. The van der Waals surface area contributed by atoms with Crippen molar-refractivity contribution in [1.82, 2.24) is 14.8 Å². The number of hydrogen-bond acceptors (Lipinski definition) is 5. The first-order valence-corrected chi connectivity index (χ1v) is 12.6. The van der Waals surface area contributed by atoms with Crippen molar-refractivity contribution < 1.29 is 9.59 Å². The zero-order chi connectivity index (χ0) is 25.9. The van der Waals surface area contributed by atoms with Gasteiger partial charge in [0, 0.05) is 32.4 Å². The summed E-state index contributed by atoms with van der Waals surface area (Å²) >= 11 is 0. The first-order chi connectivity index (χ1) is 17.2. The van der Waals surface area contributed by atoms with Gasteiger partial charge < -0.3 is 9.80 Å². The molecule has 0 bridgehead atoms. The largest absolute Gasteiger partial charge is 0.339 e.